The Morgan fingerprint density at radius 1 is 1.16 bits per heavy atom. The largest absolute Gasteiger partial charge is 0.387 e. The molecule has 0 saturated carbocycles. The lowest BCUT2D eigenvalue weighted by Crippen LogP contribution is -2.36. The molecule has 0 radical (unpaired) electrons. The third-order valence-corrected chi connectivity index (χ3v) is 7.13. The number of aliphatic hydroxyl groups is 1. The van der Waals surface area contributed by atoms with E-state index in [1.54, 1.807) is 42.5 Å². The molecule has 2 aliphatic heterocycles. The summed E-state index contributed by atoms with van der Waals surface area (Å²) in [5.74, 6) is -0.475. The minimum atomic E-state index is -0.867. The van der Waals surface area contributed by atoms with Crippen molar-refractivity contribution in [3.8, 4) is 11.4 Å². The van der Waals surface area contributed by atoms with Gasteiger partial charge in [0.2, 0.25) is 0 Å². The molecule has 4 N–H and O–H groups in total. The van der Waals surface area contributed by atoms with E-state index in [9.17, 15) is 19.5 Å². The Morgan fingerprint density at radius 2 is 1.97 bits per heavy atom. The Labute approximate surface area is 221 Å². The number of nitrogens with one attached hydrogen (secondary N) is 3. The maximum Gasteiger partial charge on any atom is 0.261 e. The lowest BCUT2D eigenvalue weighted by Gasteiger charge is -2.17. The van der Waals surface area contributed by atoms with Gasteiger partial charge in [-0.1, -0.05) is 23.7 Å². The highest BCUT2D eigenvalue weighted by Gasteiger charge is 2.38. The van der Waals surface area contributed by atoms with Crippen molar-refractivity contribution in [1.29, 1.82) is 0 Å². The number of imide groups is 1. The number of anilines is 1. The number of halogens is 1. The first-order valence-electron chi connectivity index (χ1n) is 12.3. The van der Waals surface area contributed by atoms with Gasteiger partial charge in [-0.05, 0) is 48.7 Å². The van der Waals surface area contributed by atoms with Crippen molar-refractivity contribution in [2.75, 3.05) is 25.0 Å². The molecular formula is C27H24ClN5O5. The topological polar surface area (TPSA) is 140 Å². The van der Waals surface area contributed by atoms with Crippen molar-refractivity contribution in [2.45, 2.75) is 25.0 Å². The molecule has 1 fully saturated rings. The summed E-state index contributed by atoms with van der Waals surface area (Å²) >= 11 is 6.03. The van der Waals surface area contributed by atoms with E-state index in [2.05, 4.69) is 20.3 Å². The van der Waals surface area contributed by atoms with Gasteiger partial charge in [-0.25, -0.2) is 4.98 Å². The zero-order valence-electron chi connectivity index (χ0n) is 20.2. The smallest absolute Gasteiger partial charge is 0.261 e. The Balaban J connectivity index is 1.28. The average Bonchev–Trinajstić information content (AvgIpc) is 3.62. The van der Waals surface area contributed by atoms with Crippen molar-refractivity contribution in [2.24, 2.45) is 0 Å². The summed E-state index contributed by atoms with van der Waals surface area (Å²) in [5.41, 5.74) is 2.48. The second kappa shape index (κ2) is 9.71. The summed E-state index contributed by atoms with van der Waals surface area (Å²) in [6, 6.07) is 11.8. The van der Waals surface area contributed by atoms with Gasteiger partial charge in [-0.15, -0.1) is 0 Å². The fraction of sp³-hybridized carbons (Fsp3) is 0.259. The maximum absolute atomic E-state index is 13.0. The van der Waals surface area contributed by atoms with Crippen molar-refractivity contribution in [3.05, 3.63) is 80.7 Å². The molecule has 194 valence electrons. The average molecular weight is 534 g/mol. The van der Waals surface area contributed by atoms with E-state index in [4.69, 9.17) is 16.3 Å². The van der Waals surface area contributed by atoms with E-state index < -0.39 is 11.7 Å². The van der Waals surface area contributed by atoms with Crippen LogP contribution in [-0.4, -0.2) is 62.6 Å². The number of ether oxygens (including phenoxy) is 1. The van der Waals surface area contributed by atoms with Crippen LogP contribution in [0.25, 0.3) is 22.4 Å². The van der Waals surface area contributed by atoms with E-state index >= 15 is 0 Å². The number of H-pyrrole nitrogens is 2. The molecule has 2 unspecified atom stereocenters. The monoisotopic (exact) mass is 533 g/mol. The number of imidazole rings is 1. The van der Waals surface area contributed by atoms with Gasteiger partial charge in [0.25, 0.3) is 17.4 Å². The van der Waals surface area contributed by atoms with Crippen LogP contribution in [0.1, 0.15) is 45.2 Å². The molecule has 4 aromatic rings. The number of aliphatic hydroxyl groups excluding tert-OH is 1. The van der Waals surface area contributed by atoms with Crippen LogP contribution in [0.5, 0.6) is 0 Å². The van der Waals surface area contributed by atoms with Crippen molar-refractivity contribution >= 4 is 40.1 Å². The van der Waals surface area contributed by atoms with E-state index in [-0.39, 0.29) is 48.0 Å². The zero-order valence-corrected chi connectivity index (χ0v) is 20.9. The molecule has 0 spiro atoms. The first kappa shape index (κ1) is 24.4. The fourth-order valence-corrected chi connectivity index (χ4v) is 5.17. The van der Waals surface area contributed by atoms with Crippen molar-refractivity contribution in [3.63, 3.8) is 0 Å². The SMILES string of the molecule is O=C1c2cc3nc(-c4c(NCC(O)c5cccc(Cl)c5)cc[nH]c4=O)[nH]c3cc2C(=O)N1CC1CCCO1. The number of carbonyl (C=O) groups excluding carboxylic acids is 2. The van der Waals surface area contributed by atoms with Crippen LogP contribution in [0.15, 0.2) is 53.5 Å². The number of amides is 2. The predicted molar refractivity (Wildman–Crippen MR) is 141 cm³/mol. The van der Waals surface area contributed by atoms with Crippen LogP contribution in [0.3, 0.4) is 0 Å². The van der Waals surface area contributed by atoms with Crippen LogP contribution < -0.4 is 10.9 Å². The van der Waals surface area contributed by atoms with Gasteiger partial charge in [0, 0.05) is 24.4 Å². The summed E-state index contributed by atoms with van der Waals surface area (Å²) in [4.78, 5) is 50.4. The Kier molecular flexibility index (Phi) is 6.22. The standard InChI is InChI=1S/C27H24ClN5O5/c28-15-4-1-3-14(9-15)22(34)12-30-19-6-7-29-25(35)23(19)24-31-20-10-17-18(11-21(20)32-24)27(37)33(26(17)36)13-16-5-2-8-38-16/h1,3-4,6-7,9-11,16,22,34H,2,5,8,12-13H2,(H,31,32)(H2,29,30,35). The minimum absolute atomic E-state index is 0.120. The summed E-state index contributed by atoms with van der Waals surface area (Å²) in [7, 11) is 0. The second-order valence-electron chi connectivity index (χ2n) is 9.40. The van der Waals surface area contributed by atoms with Gasteiger partial charge in [-0.3, -0.25) is 19.3 Å². The van der Waals surface area contributed by atoms with Crippen molar-refractivity contribution in [1.82, 2.24) is 19.9 Å². The van der Waals surface area contributed by atoms with Gasteiger partial charge >= 0.3 is 0 Å². The Hall–Kier alpha value is -3.99. The number of nitrogens with zero attached hydrogens (tertiary/aromatic N) is 2. The second-order valence-corrected chi connectivity index (χ2v) is 9.84. The van der Waals surface area contributed by atoms with Crippen molar-refractivity contribution < 1.29 is 19.4 Å². The van der Waals surface area contributed by atoms with Gasteiger partial charge in [0.05, 0.1) is 46.6 Å². The number of rotatable bonds is 7. The molecule has 11 heteroatoms. The molecule has 2 atom stereocenters. The number of hydrogen-bond donors (Lipinski definition) is 4. The summed E-state index contributed by atoms with van der Waals surface area (Å²) in [6.45, 7) is 0.988. The molecular weight excluding hydrogens is 510 g/mol. The first-order valence-corrected chi connectivity index (χ1v) is 12.7. The van der Waals surface area contributed by atoms with Gasteiger partial charge in [-0.2, -0.15) is 0 Å². The third kappa shape index (κ3) is 4.36. The molecule has 6 rings (SSSR count). The number of aromatic nitrogens is 3. The molecule has 2 aromatic carbocycles. The summed E-state index contributed by atoms with van der Waals surface area (Å²) in [5, 5.41) is 14.2. The molecule has 1 saturated heterocycles. The van der Waals surface area contributed by atoms with E-state index in [1.165, 1.54) is 11.1 Å². The molecule has 0 aliphatic carbocycles. The molecule has 2 aliphatic rings. The van der Waals surface area contributed by atoms with Gasteiger partial charge in [0.15, 0.2) is 0 Å². The van der Waals surface area contributed by atoms with E-state index in [0.717, 1.165) is 12.8 Å². The molecule has 2 amide bonds. The minimum Gasteiger partial charge on any atom is -0.387 e. The predicted octanol–water partition coefficient (Wildman–Crippen LogP) is 3.49. The summed E-state index contributed by atoms with van der Waals surface area (Å²) in [6.07, 6.45) is 2.22. The Morgan fingerprint density at radius 3 is 2.74 bits per heavy atom. The highest BCUT2D eigenvalue weighted by molar-refractivity contribution is 6.30. The van der Waals surface area contributed by atoms with E-state index in [0.29, 0.717) is 39.5 Å². The van der Waals surface area contributed by atoms with Crippen LogP contribution in [0.2, 0.25) is 5.02 Å². The molecule has 2 aromatic heterocycles. The van der Waals surface area contributed by atoms with Crippen LogP contribution in [0.4, 0.5) is 5.69 Å². The summed E-state index contributed by atoms with van der Waals surface area (Å²) < 4.78 is 5.60. The number of fused-ring (bicyclic) bond motifs is 2. The van der Waals surface area contributed by atoms with Crippen LogP contribution in [0, 0.1) is 0 Å². The lowest BCUT2D eigenvalue weighted by atomic mass is 10.1. The number of benzene rings is 2. The Bertz CT molecular complexity index is 1570. The van der Waals surface area contributed by atoms with Crippen LogP contribution >= 0.6 is 11.6 Å². The highest BCUT2D eigenvalue weighted by Crippen LogP contribution is 2.31. The van der Waals surface area contributed by atoms with Gasteiger partial charge in [0.1, 0.15) is 11.4 Å². The maximum atomic E-state index is 13.0. The molecule has 0 bridgehead atoms. The molecule has 4 heterocycles. The zero-order chi connectivity index (χ0) is 26.4. The highest BCUT2D eigenvalue weighted by atomic mass is 35.5. The number of pyridine rings is 1. The number of aromatic amines is 2. The van der Waals surface area contributed by atoms with Crippen LogP contribution in [-0.2, 0) is 4.74 Å². The fourth-order valence-electron chi connectivity index (χ4n) is 4.97. The molecule has 10 nitrogen and oxygen atoms in total. The number of hydrogen-bond acceptors (Lipinski definition) is 7. The molecule has 38 heavy (non-hydrogen) atoms. The van der Waals surface area contributed by atoms with Gasteiger partial charge < -0.3 is 25.1 Å². The van der Waals surface area contributed by atoms with E-state index in [1.807, 2.05) is 0 Å². The lowest BCUT2D eigenvalue weighted by molar-refractivity contribution is 0.0475. The quantitative estimate of drug-likeness (QED) is 0.266. The number of carbonyl (C=O) groups is 2. The third-order valence-electron chi connectivity index (χ3n) is 6.90. The normalized spacial score (nSPS) is 17.8. The first-order chi connectivity index (χ1) is 18.4.